The number of ether oxygens (including phenoxy) is 2. The first-order valence-electron chi connectivity index (χ1n) is 7.34. The average molecular weight is 376 g/mol. The van der Waals surface area contributed by atoms with Crippen molar-refractivity contribution in [2.45, 2.75) is 11.5 Å². The molecule has 0 bridgehead atoms. The van der Waals surface area contributed by atoms with Crippen LogP contribution in [0.2, 0.25) is 0 Å². The maximum Gasteiger partial charge on any atom is 0.221 e. The summed E-state index contributed by atoms with van der Waals surface area (Å²) in [4.78, 5) is 10.0. The molecule has 0 radical (unpaired) electrons. The third-order valence-electron chi connectivity index (χ3n) is 3.37. The van der Waals surface area contributed by atoms with Crippen molar-refractivity contribution < 1.29 is 17.9 Å². The molecular formula is C17H16N2O4S2. The lowest BCUT2D eigenvalue weighted by molar-refractivity contribution is 0.293. The van der Waals surface area contributed by atoms with Crippen molar-refractivity contribution in [2.75, 3.05) is 13.4 Å². The van der Waals surface area contributed by atoms with Crippen LogP contribution in [0.4, 0.5) is 0 Å². The van der Waals surface area contributed by atoms with E-state index in [4.69, 9.17) is 9.47 Å². The Morgan fingerprint density at radius 1 is 1.08 bits per heavy atom. The molecule has 25 heavy (non-hydrogen) atoms. The first-order valence-corrected chi connectivity index (χ1v) is 10.1. The van der Waals surface area contributed by atoms with Crippen molar-refractivity contribution in [1.29, 1.82) is 0 Å². The number of methoxy groups -OCH3 is 1. The molecule has 3 aromatic rings. The summed E-state index contributed by atoms with van der Waals surface area (Å²) in [5.74, 6) is 1.17. The lowest BCUT2D eigenvalue weighted by atomic mass is 10.2. The number of rotatable bonds is 6. The van der Waals surface area contributed by atoms with E-state index < -0.39 is 9.84 Å². The Hall–Kier alpha value is -2.45. The van der Waals surface area contributed by atoms with E-state index in [2.05, 4.69) is 9.97 Å². The minimum atomic E-state index is -3.25. The fourth-order valence-corrected chi connectivity index (χ4v) is 3.35. The van der Waals surface area contributed by atoms with Gasteiger partial charge >= 0.3 is 0 Å². The maximum atomic E-state index is 11.6. The summed E-state index contributed by atoms with van der Waals surface area (Å²) < 4.78 is 34.0. The van der Waals surface area contributed by atoms with Crippen LogP contribution in [0.15, 0.2) is 52.7 Å². The summed E-state index contributed by atoms with van der Waals surface area (Å²) in [5.41, 5.74) is 0.673. The summed E-state index contributed by atoms with van der Waals surface area (Å²) in [6.07, 6.45) is 1.17. The minimum Gasteiger partial charge on any atom is -0.481 e. The number of thiophene rings is 1. The standard InChI is InChI=1S/C17H16N2O4S2/c1-22-15-10-16(23-11-13-4-3-9-24-13)19-17(18-15)12-5-7-14(8-6-12)25(2,20)21/h3-10H,11H2,1-2H3. The highest BCUT2D eigenvalue weighted by Gasteiger charge is 2.11. The Kier molecular flexibility index (Phi) is 5.00. The van der Waals surface area contributed by atoms with Gasteiger partial charge in [-0.25, -0.2) is 8.42 Å². The first-order chi connectivity index (χ1) is 12.0. The third kappa shape index (κ3) is 4.34. The van der Waals surface area contributed by atoms with Gasteiger partial charge in [0.05, 0.1) is 18.1 Å². The fourth-order valence-electron chi connectivity index (χ4n) is 2.10. The largest absolute Gasteiger partial charge is 0.481 e. The van der Waals surface area contributed by atoms with E-state index in [0.717, 1.165) is 4.88 Å². The van der Waals surface area contributed by atoms with E-state index in [1.165, 1.54) is 25.5 Å². The molecule has 0 atom stereocenters. The van der Waals surface area contributed by atoms with Gasteiger partial charge in [0.15, 0.2) is 15.7 Å². The van der Waals surface area contributed by atoms with Gasteiger partial charge in [-0.15, -0.1) is 11.3 Å². The molecule has 3 rings (SSSR count). The summed E-state index contributed by atoms with van der Waals surface area (Å²) in [6, 6.07) is 11.9. The van der Waals surface area contributed by atoms with Crippen molar-refractivity contribution in [3.8, 4) is 23.1 Å². The first kappa shape index (κ1) is 17.4. The molecule has 0 saturated carbocycles. The molecule has 0 aliphatic rings. The van der Waals surface area contributed by atoms with Gasteiger partial charge in [-0.1, -0.05) is 6.07 Å². The lowest BCUT2D eigenvalue weighted by Gasteiger charge is -2.09. The van der Waals surface area contributed by atoms with Gasteiger partial charge in [-0.3, -0.25) is 0 Å². The van der Waals surface area contributed by atoms with E-state index >= 15 is 0 Å². The number of hydrogen-bond acceptors (Lipinski definition) is 7. The van der Waals surface area contributed by atoms with E-state index in [0.29, 0.717) is 29.8 Å². The van der Waals surface area contributed by atoms with Crippen LogP contribution in [0.1, 0.15) is 4.88 Å². The second-order valence-corrected chi connectivity index (χ2v) is 8.28. The average Bonchev–Trinajstić information content (AvgIpc) is 3.12. The van der Waals surface area contributed by atoms with Gasteiger partial charge in [-0.05, 0) is 35.7 Å². The van der Waals surface area contributed by atoms with E-state index in [9.17, 15) is 8.42 Å². The molecule has 0 aliphatic carbocycles. The zero-order chi connectivity index (χ0) is 17.9. The number of nitrogens with zero attached hydrogens (tertiary/aromatic N) is 2. The van der Waals surface area contributed by atoms with Crippen LogP contribution in [0.25, 0.3) is 11.4 Å². The molecule has 130 valence electrons. The second kappa shape index (κ2) is 7.20. The molecule has 0 unspecified atom stereocenters. The van der Waals surface area contributed by atoms with Crippen LogP contribution in [0.3, 0.4) is 0 Å². The van der Waals surface area contributed by atoms with Gasteiger partial charge in [0.25, 0.3) is 0 Å². The zero-order valence-corrected chi connectivity index (χ0v) is 15.3. The molecule has 0 saturated heterocycles. The van der Waals surface area contributed by atoms with Crippen LogP contribution in [-0.4, -0.2) is 31.8 Å². The number of hydrogen-bond donors (Lipinski definition) is 0. The quantitative estimate of drug-likeness (QED) is 0.657. The predicted octanol–water partition coefficient (Wildman–Crippen LogP) is 3.20. The monoisotopic (exact) mass is 376 g/mol. The molecule has 0 N–H and O–H groups in total. The molecular weight excluding hydrogens is 360 g/mol. The minimum absolute atomic E-state index is 0.244. The zero-order valence-electron chi connectivity index (χ0n) is 13.7. The Balaban J connectivity index is 1.88. The predicted molar refractivity (Wildman–Crippen MR) is 95.8 cm³/mol. The van der Waals surface area contributed by atoms with Crippen LogP contribution in [0, 0.1) is 0 Å². The van der Waals surface area contributed by atoms with Crippen molar-refractivity contribution in [3.05, 3.63) is 52.7 Å². The highest BCUT2D eigenvalue weighted by molar-refractivity contribution is 7.90. The number of aromatic nitrogens is 2. The number of sulfone groups is 1. The van der Waals surface area contributed by atoms with Gasteiger partial charge in [0, 0.05) is 16.7 Å². The van der Waals surface area contributed by atoms with Crippen LogP contribution >= 0.6 is 11.3 Å². The van der Waals surface area contributed by atoms with E-state index in [-0.39, 0.29) is 4.90 Å². The molecule has 6 nitrogen and oxygen atoms in total. The van der Waals surface area contributed by atoms with Gasteiger partial charge in [0.2, 0.25) is 11.8 Å². The smallest absolute Gasteiger partial charge is 0.221 e. The topological polar surface area (TPSA) is 78.4 Å². The van der Waals surface area contributed by atoms with Crippen molar-refractivity contribution in [3.63, 3.8) is 0 Å². The Bertz CT molecular complexity index is 953. The number of benzene rings is 1. The maximum absolute atomic E-state index is 11.6. The molecule has 0 fully saturated rings. The lowest BCUT2D eigenvalue weighted by Crippen LogP contribution is -2.01. The molecule has 2 aromatic heterocycles. The fraction of sp³-hybridized carbons (Fsp3) is 0.176. The normalized spacial score (nSPS) is 11.3. The summed E-state index contributed by atoms with van der Waals surface area (Å²) >= 11 is 1.60. The molecule has 2 heterocycles. The molecule has 0 spiro atoms. The van der Waals surface area contributed by atoms with Crippen LogP contribution in [0.5, 0.6) is 11.8 Å². The van der Waals surface area contributed by atoms with Crippen LogP contribution in [-0.2, 0) is 16.4 Å². The van der Waals surface area contributed by atoms with Crippen LogP contribution < -0.4 is 9.47 Å². The third-order valence-corrected chi connectivity index (χ3v) is 5.35. The van der Waals surface area contributed by atoms with Gasteiger partial charge < -0.3 is 9.47 Å². The van der Waals surface area contributed by atoms with E-state index in [1.54, 1.807) is 29.5 Å². The highest BCUT2D eigenvalue weighted by Crippen LogP contribution is 2.24. The van der Waals surface area contributed by atoms with Gasteiger partial charge in [-0.2, -0.15) is 9.97 Å². The van der Waals surface area contributed by atoms with E-state index in [1.807, 2.05) is 17.5 Å². The molecule has 1 aromatic carbocycles. The summed E-state index contributed by atoms with van der Waals surface area (Å²) in [5, 5.41) is 1.98. The summed E-state index contributed by atoms with van der Waals surface area (Å²) in [6.45, 7) is 0.407. The molecule has 8 heteroatoms. The Morgan fingerprint density at radius 2 is 1.80 bits per heavy atom. The van der Waals surface area contributed by atoms with Gasteiger partial charge in [0.1, 0.15) is 6.61 Å². The molecule has 0 amide bonds. The Morgan fingerprint density at radius 3 is 2.40 bits per heavy atom. The highest BCUT2D eigenvalue weighted by atomic mass is 32.2. The SMILES string of the molecule is COc1cc(OCc2cccs2)nc(-c2ccc(S(C)(=O)=O)cc2)n1. The van der Waals surface area contributed by atoms with Crippen molar-refractivity contribution >= 4 is 21.2 Å². The molecule has 0 aliphatic heterocycles. The second-order valence-electron chi connectivity index (χ2n) is 5.24. The summed E-state index contributed by atoms with van der Waals surface area (Å²) in [7, 11) is -1.73. The van der Waals surface area contributed by atoms with Crippen molar-refractivity contribution in [1.82, 2.24) is 9.97 Å². The Labute approximate surface area is 150 Å². The van der Waals surface area contributed by atoms with Crippen molar-refractivity contribution in [2.24, 2.45) is 0 Å².